The molecule has 0 aliphatic carbocycles. The molecular formula is C54H34N2S. The third-order valence-corrected chi connectivity index (χ3v) is 12.9. The minimum Gasteiger partial charge on any atom is -0.309 e. The van der Waals surface area contributed by atoms with Gasteiger partial charge in [0, 0.05) is 58.7 Å². The van der Waals surface area contributed by atoms with Crippen LogP contribution in [-0.4, -0.2) is 9.13 Å². The first-order valence-electron chi connectivity index (χ1n) is 19.5. The van der Waals surface area contributed by atoms with Crippen LogP contribution in [0.25, 0.3) is 109 Å². The van der Waals surface area contributed by atoms with Gasteiger partial charge in [-0.3, -0.25) is 0 Å². The van der Waals surface area contributed by atoms with E-state index in [0.29, 0.717) is 0 Å². The topological polar surface area (TPSA) is 9.86 Å². The Bertz CT molecular complexity index is 3490. The first-order chi connectivity index (χ1) is 28.3. The van der Waals surface area contributed by atoms with Crippen LogP contribution in [0.15, 0.2) is 206 Å². The van der Waals surface area contributed by atoms with Crippen molar-refractivity contribution in [1.82, 2.24) is 9.13 Å². The predicted octanol–water partition coefficient (Wildman–Crippen LogP) is 15.2. The summed E-state index contributed by atoms with van der Waals surface area (Å²) in [5.41, 5.74) is 14.5. The summed E-state index contributed by atoms with van der Waals surface area (Å²) in [6, 6.07) is 75.6. The van der Waals surface area contributed by atoms with Gasteiger partial charge in [0.2, 0.25) is 0 Å². The molecule has 12 aromatic rings. The van der Waals surface area contributed by atoms with Crippen molar-refractivity contribution in [1.29, 1.82) is 0 Å². The standard InChI is InChI=1S/C54H34N2S/c1-2-12-39(13-3-1)55-49-21-8-5-16-46(49)53-43(17-11-22-50(53)55)45-19-10-18-44-41-14-4-7-20-48(41)56(54(44)45)40-31-28-36(29-32-40)35-24-26-37(27-25-35)38-30-33-52-47(34-38)42-15-6-9-23-51(42)57-52/h1-34H. The number of aromatic nitrogens is 2. The van der Waals surface area contributed by atoms with Crippen molar-refractivity contribution in [3.63, 3.8) is 0 Å². The molecule has 9 aromatic carbocycles. The van der Waals surface area contributed by atoms with Gasteiger partial charge in [-0.05, 0) is 88.5 Å². The maximum Gasteiger partial charge on any atom is 0.0619 e. The summed E-state index contributed by atoms with van der Waals surface area (Å²) in [6.45, 7) is 0. The van der Waals surface area contributed by atoms with Gasteiger partial charge in [0.1, 0.15) is 0 Å². The van der Waals surface area contributed by atoms with E-state index in [0.717, 1.165) is 11.4 Å². The average Bonchev–Trinajstić information content (AvgIpc) is 3.94. The van der Waals surface area contributed by atoms with E-state index >= 15 is 0 Å². The normalized spacial score (nSPS) is 11.9. The Morgan fingerprint density at radius 2 is 0.825 bits per heavy atom. The van der Waals surface area contributed by atoms with Gasteiger partial charge in [-0.2, -0.15) is 0 Å². The highest BCUT2D eigenvalue weighted by atomic mass is 32.1. The van der Waals surface area contributed by atoms with E-state index in [4.69, 9.17) is 0 Å². The molecule has 3 heteroatoms. The van der Waals surface area contributed by atoms with E-state index < -0.39 is 0 Å². The Kier molecular flexibility index (Phi) is 7.13. The van der Waals surface area contributed by atoms with Crippen LogP contribution in [-0.2, 0) is 0 Å². The molecule has 0 fully saturated rings. The lowest BCUT2D eigenvalue weighted by Gasteiger charge is -2.14. The van der Waals surface area contributed by atoms with Crippen LogP contribution in [0.4, 0.5) is 0 Å². The molecule has 0 unspecified atom stereocenters. The van der Waals surface area contributed by atoms with E-state index in [1.807, 2.05) is 11.3 Å². The molecule has 0 N–H and O–H groups in total. The van der Waals surface area contributed by atoms with Gasteiger partial charge in [-0.25, -0.2) is 0 Å². The number of hydrogen-bond acceptors (Lipinski definition) is 1. The maximum absolute atomic E-state index is 2.46. The molecule has 0 aliphatic rings. The summed E-state index contributed by atoms with van der Waals surface area (Å²) < 4.78 is 7.54. The van der Waals surface area contributed by atoms with Crippen molar-refractivity contribution in [3.8, 4) is 44.8 Å². The molecule has 0 saturated heterocycles. The van der Waals surface area contributed by atoms with Crippen LogP contribution in [0.1, 0.15) is 0 Å². The SMILES string of the molecule is c1ccc(-n2c3ccccc3c3c(-c4cccc5c6ccccc6n(-c6ccc(-c7ccc(-c8ccc9sc%10ccccc%10c9c8)cc7)cc6)c45)cccc32)cc1. The molecule has 2 nitrogen and oxygen atoms in total. The zero-order valence-electron chi connectivity index (χ0n) is 30.9. The molecule has 0 radical (unpaired) electrons. The van der Waals surface area contributed by atoms with Crippen LogP contribution in [0.2, 0.25) is 0 Å². The molecule has 0 atom stereocenters. The van der Waals surface area contributed by atoms with E-state index in [1.165, 1.54) is 97.2 Å². The zero-order valence-corrected chi connectivity index (χ0v) is 31.7. The number of para-hydroxylation sites is 4. The van der Waals surface area contributed by atoms with Gasteiger partial charge in [-0.1, -0.05) is 146 Å². The predicted molar refractivity (Wildman–Crippen MR) is 244 cm³/mol. The summed E-state index contributed by atoms with van der Waals surface area (Å²) >= 11 is 1.86. The number of nitrogens with zero attached hydrogens (tertiary/aromatic N) is 2. The Hall–Kier alpha value is -7.20. The van der Waals surface area contributed by atoms with Crippen molar-refractivity contribution >= 4 is 75.1 Å². The van der Waals surface area contributed by atoms with E-state index in [1.54, 1.807) is 0 Å². The van der Waals surface area contributed by atoms with Crippen LogP contribution in [0.5, 0.6) is 0 Å². The largest absolute Gasteiger partial charge is 0.309 e. The van der Waals surface area contributed by atoms with E-state index in [2.05, 4.69) is 215 Å². The zero-order chi connectivity index (χ0) is 37.5. The van der Waals surface area contributed by atoms with Crippen molar-refractivity contribution in [2.75, 3.05) is 0 Å². The molecule has 57 heavy (non-hydrogen) atoms. The Morgan fingerprint density at radius 1 is 0.298 bits per heavy atom. The highest BCUT2D eigenvalue weighted by Crippen LogP contribution is 2.44. The average molecular weight is 743 g/mol. The molecule has 0 spiro atoms. The van der Waals surface area contributed by atoms with Gasteiger partial charge in [0.25, 0.3) is 0 Å². The van der Waals surface area contributed by atoms with Gasteiger partial charge >= 0.3 is 0 Å². The number of hydrogen-bond donors (Lipinski definition) is 0. The summed E-state index contributed by atoms with van der Waals surface area (Å²) in [4.78, 5) is 0. The number of fused-ring (bicyclic) bond motifs is 9. The van der Waals surface area contributed by atoms with Crippen molar-refractivity contribution in [3.05, 3.63) is 206 Å². The molecular weight excluding hydrogens is 709 g/mol. The smallest absolute Gasteiger partial charge is 0.0619 e. The Balaban J connectivity index is 0.981. The fourth-order valence-corrected chi connectivity index (χ4v) is 10.3. The van der Waals surface area contributed by atoms with Crippen molar-refractivity contribution in [2.24, 2.45) is 0 Å². The molecule has 0 aliphatic heterocycles. The summed E-state index contributed by atoms with van der Waals surface area (Å²) in [6.07, 6.45) is 0. The molecule has 0 bridgehead atoms. The van der Waals surface area contributed by atoms with Gasteiger partial charge in [-0.15, -0.1) is 11.3 Å². The molecule has 266 valence electrons. The first kappa shape index (κ1) is 32.1. The fourth-order valence-electron chi connectivity index (χ4n) is 9.17. The molecule has 0 saturated carbocycles. The Labute approximate surface area is 333 Å². The lowest BCUT2D eigenvalue weighted by atomic mass is 9.97. The monoisotopic (exact) mass is 742 g/mol. The third-order valence-electron chi connectivity index (χ3n) is 11.8. The second kappa shape index (κ2) is 12.7. The van der Waals surface area contributed by atoms with Gasteiger partial charge in [0.15, 0.2) is 0 Å². The highest BCUT2D eigenvalue weighted by Gasteiger charge is 2.21. The maximum atomic E-state index is 2.46. The highest BCUT2D eigenvalue weighted by molar-refractivity contribution is 7.25. The minimum atomic E-state index is 1.14. The molecule has 3 aromatic heterocycles. The van der Waals surface area contributed by atoms with E-state index in [9.17, 15) is 0 Å². The second-order valence-corrected chi connectivity index (χ2v) is 16.0. The van der Waals surface area contributed by atoms with Crippen molar-refractivity contribution in [2.45, 2.75) is 0 Å². The molecule has 12 rings (SSSR count). The van der Waals surface area contributed by atoms with Crippen LogP contribution < -0.4 is 0 Å². The minimum absolute atomic E-state index is 1.14. The second-order valence-electron chi connectivity index (χ2n) is 14.9. The van der Waals surface area contributed by atoms with Crippen molar-refractivity contribution < 1.29 is 0 Å². The number of benzene rings is 9. The third kappa shape index (κ3) is 4.96. The van der Waals surface area contributed by atoms with Crippen LogP contribution >= 0.6 is 11.3 Å². The van der Waals surface area contributed by atoms with Crippen LogP contribution in [0, 0.1) is 0 Å². The summed E-state index contributed by atoms with van der Waals surface area (Å²) in [7, 11) is 0. The van der Waals surface area contributed by atoms with Gasteiger partial charge < -0.3 is 9.13 Å². The van der Waals surface area contributed by atoms with Crippen LogP contribution in [0.3, 0.4) is 0 Å². The lowest BCUT2D eigenvalue weighted by Crippen LogP contribution is -1.96. The lowest BCUT2D eigenvalue weighted by molar-refractivity contribution is 1.18. The van der Waals surface area contributed by atoms with Gasteiger partial charge in [0.05, 0.1) is 22.1 Å². The van der Waals surface area contributed by atoms with E-state index in [-0.39, 0.29) is 0 Å². The summed E-state index contributed by atoms with van der Waals surface area (Å²) in [5.74, 6) is 0. The fraction of sp³-hybridized carbons (Fsp3) is 0. The quantitative estimate of drug-likeness (QED) is 0.166. The Morgan fingerprint density at radius 3 is 1.61 bits per heavy atom. The summed E-state index contributed by atoms with van der Waals surface area (Å²) in [5, 5.41) is 7.68. The molecule has 0 amide bonds. The molecule has 3 heterocycles. The number of thiophene rings is 1. The first-order valence-corrected chi connectivity index (χ1v) is 20.3. The number of rotatable bonds is 5.